The predicted octanol–water partition coefficient (Wildman–Crippen LogP) is 2.40. The fraction of sp³-hybridized carbons (Fsp3) is 0.833. The molecule has 0 unspecified atom stereocenters. The third-order valence-corrected chi connectivity index (χ3v) is 4.45. The van der Waals surface area contributed by atoms with Crippen molar-refractivity contribution in [1.29, 1.82) is 0 Å². The molecule has 0 atom stereocenters. The minimum absolute atomic E-state index is 0.780. The predicted molar refractivity (Wildman–Crippen MR) is 70.1 cm³/mol. The molecule has 0 spiro atoms. The van der Waals surface area contributed by atoms with E-state index in [1.807, 2.05) is 18.8 Å². The van der Waals surface area contributed by atoms with Crippen LogP contribution in [0.5, 0.6) is 0 Å². The molecule has 1 aliphatic carbocycles. The van der Waals surface area contributed by atoms with Crippen LogP contribution in [0.4, 0.5) is 0 Å². The first-order valence-corrected chi connectivity index (χ1v) is 7.51. The Hall–Kier alpha value is -0.550. The van der Waals surface area contributed by atoms with Crippen molar-refractivity contribution in [2.24, 2.45) is 0 Å². The number of aryl methyl sites for hydroxylation is 1. The molecule has 5 heteroatoms. The van der Waals surface area contributed by atoms with E-state index in [2.05, 4.69) is 15.5 Å². The molecule has 0 aromatic carbocycles. The summed E-state index contributed by atoms with van der Waals surface area (Å²) in [6.45, 7) is 0.995. The molecule has 1 N–H and O–H groups in total. The highest BCUT2D eigenvalue weighted by Gasteiger charge is 2.16. The largest absolute Gasteiger partial charge is 0.339 e. The summed E-state index contributed by atoms with van der Waals surface area (Å²) in [7, 11) is 1.96. The Bertz CT molecular complexity index is 323. The van der Waals surface area contributed by atoms with Crippen LogP contribution in [-0.2, 0) is 12.2 Å². The van der Waals surface area contributed by atoms with Crippen molar-refractivity contribution >= 4 is 11.8 Å². The Kier molecular flexibility index (Phi) is 5.32. The molecule has 1 saturated carbocycles. The highest BCUT2D eigenvalue weighted by atomic mass is 32.2. The molecule has 0 bridgehead atoms. The van der Waals surface area contributed by atoms with Crippen molar-refractivity contribution in [2.45, 2.75) is 49.5 Å². The van der Waals surface area contributed by atoms with Crippen LogP contribution in [0.25, 0.3) is 0 Å². The summed E-state index contributed by atoms with van der Waals surface area (Å²) in [5.41, 5.74) is 0. The van der Waals surface area contributed by atoms with Gasteiger partial charge >= 0.3 is 0 Å². The summed E-state index contributed by atoms with van der Waals surface area (Å²) in [5, 5.41) is 7.96. The zero-order valence-corrected chi connectivity index (χ0v) is 11.3. The molecule has 2 rings (SSSR count). The zero-order chi connectivity index (χ0) is 11.9. The third-order valence-electron chi connectivity index (χ3n) is 3.08. The smallest absolute Gasteiger partial charge is 0.226 e. The number of nitrogens with one attached hydrogen (secondary N) is 1. The number of aromatic nitrogens is 2. The lowest BCUT2D eigenvalue weighted by molar-refractivity contribution is 0.371. The van der Waals surface area contributed by atoms with Crippen LogP contribution in [0.3, 0.4) is 0 Å². The first kappa shape index (κ1) is 12.9. The average Bonchev–Trinajstić information content (AvgIpc) is 2.98. The van der Waals surface area contributed by atoms with E-state index in [0.29, 0.717) is 0 Å². The summed E-state index contributed by atoms with van der Waals surface area (Å²) in [6.07, 6.45) is 7.42. The maximum absolute atomic E-state index is 5.22. The van der Waals surface area contributed by atoms with Crippen molar-refractivity contribution in [1.82, 2.24) is 15.5 Å². The Morgan fingerprint density at radius 1 is 1.41 bits per heavy atom. The van der Waals surface area contributed by atoms with Crippen LogP contribution in [0.1, 0.15) is 43.8 Å². The van der Waals surface area contributed by atoms with Crippen molar-refractivity contribution in [2.75, 3.05) is 13.6 Å². The molecule has 1 aliphatic rings. The fourth-order valence-corrected chi connectivity index (χ4v) is 3.28. The monoisotopic (exact) mass is 255 g/mol. The Labute approximate surface area is 107 Å². The van der Waals surface area contributed by atoms with E-state index in [-0.39, 0.29) is 0 Å². The van der Waals surface area contributed by atoms with Crippen molar-refractivity contribution in [3.63, 3.8) is 0 Å². The van der Waals surface area contributed by atoms with E-state index in [0.717, 1.165) is 42.1 Å². The van der Waals surface area contributed by atoms with Gasteiger partial charge in [0.2, 0.25) is 5.89 Å². The van der Waals surface area contributed by atoms with Gasteiger partial charge in [0.15, 0.2) is 5.82 Å². The SMILES string of the molecule is CNCCCc1nc(CSC2CCCC2)no1. The van der Waals surface area contributed by atoms with Gasteiger partial charge in [0.25, 0.3) is 0 Å². The van der Waals surface area contributed by atoms with Gasteiger partial charge in [-0.1, -0.05) is 18.0 Å². The molecule has 96 valence electrons. The van der Waals surface area contributed by atoms with E-state index in [4.69, 9.17) is 4.52 Å². The standard InChI is InChI=1S/C12H21N3OS/c1-13-8-4-7-12-14-11(15-16-12)9-17-10-5-2-3-6-10/h10,13H,2-9H2,1H3. The Morgan fingerprint density at radius 3 is 3.00 bits per heavy atom. The summed E-state index contributed by atoms with van der Waals surface area (Å²) < 4.78 is 5.22. The molecule has 17 heavy (non-hydrogen) atoms. The highest BCUT2D eigenvalue weighted by molar-refractivity contribution is 7.99. The Balaban J connectivity index is 1.69. The maximum Gasteiger partial charge on any atom is 0.226 e. The first-order chi connectivity index (χ1) is 8.38. The summed E-state index contributed by atoms with van der Waals surface area (Å²) in [6, 6.07) is 0. The van der Waals surface area contributed by atoms with E-state index in [1.54, 1.807) is 0 Å². The van der Waals surface area contributed by atoms with Crippen LogP contribution < -0.4 is 5.32 Å². The van der Waals surface area contributed by atoms with Crippen LogP contribution in [0, 0.1) is 0 Å². The molecular formula is C12H21N3OS. The van der Waals surface area contributed by atoms with Crippen LogP contribution in [0.15, 0.2) is 4.52 Å². The van der Waals surface area contributed by atoms with Crippen LogP contribution >= 0.6 is 11.8 Å². The van der Waals surface area contributed by atoms with Crippen molar-refractivity contribution in [3.05, 3.63) is 11.7 Å². The minimum Gasteiger partial charge on any atom is -0.339 e. The number of hydrogen-bond acceptors (Lipinski definition) is 5. The molecule has 1 fully saturated rings. The third kappa shape index (κ3) is 4.32. The van der Waals surface area contributed by atoms with Gasteiger partial charge in [0, 0.05) is 11.7 Å². The molecule has 0 amide bonds. The molecule has 0 radical (unpaired) electrons. The van der Waals surface area contributed by atoms with Gasteiger partial charge in [0.05, 0.1) is 5.75 Å². The lowest BCUT2D eigenvalue weighted by Gasteiger charge is -2.04. The molecule has 0 saturated heterocycles. The lowest BCUT2D eigenvalue weighted by Crippen LogP contribution is -2.08. The summed E-state index contributed by atoms with van der Waals surface area (Å²) >= 11 is 1.98. The average molecular weight is 255 g/mol. The number of nitrogens with zero attached hydrogens (tertiary/aromatic N) is 2. The Morgan fingerprint density at radius 2 is 2.24 bits per heavy atom. The summed E-state index contributed by atoms with van der Waals surface area (Å²) in [5.74, 6) is 2.55. The van der Waals surface area contributed by atoms with Gasteiger partial charge < -0.3 is 9.84 Å². The van der Waals surface area contributed by atoms with Crippen molar-refractivity contribution in [3.8, 4) is 0 Å². The lowest BCUT2D eigenvalue weighted by atomic mass is 10.3. The maximum atomic E-state index is 5.22. The van der Waals surface area contributed by atoms with E-state index in [9.17, 15) is 0 Å². The van der Waals surface area contributed by atoms with E-state index < -0.39 is 0 Å². The van der Waals surface area contributed by atoms with Gasteiger partial charge in [0.1, 0.15) is 0 Å². The van der Waals surface area contributed by atoms with Crippen molar-refractivity contribution < 1.29 is 4.52 Å². The van der Waals surface area contributed by atoms with Gasteiger partial charge in [-0.05, 0) is 32.9 Å². The number of rotatable bonds is 7. The first-order valence-electron chi connectivity index (χ1n) is 6.46. The second-order valence-corrected chi connectivity index (χ2v) is 5.82. The highest BCUT2D eigenvalue weighted by Crippen LogP contribution is 2.30. The van der Waals surface area contributed by atoms with E-state index in [1.165, 1.54) is 25.7 Å². The van der Waals surface area contributed by atoms with Gasteiger partial charge in [-0.15, -0.1) is 0 Å². The van der Waals surface area contributed by atoms with Gasteiger partial charge in [-0.2, -0.15) is 16.7 Å². The molecule has 1 heterocycles. The molecule has 4 nitrogen and oxygen atoms in total. The molecule has 1 aromatic rings. The summed E-state index contributed by atoms with van der Waals surface area (Å²) in [4.78, 5) is 4.42. The quantitative estimate of drug-likeness (QED) is 0.758. The molecule has 1 aromatic heterocycles. The zero-order valence-electron chi connectivity index (χ0n) is 10.4. The second-order valence-electron chi connectivity index (χ2n) is 4.53. The molecule has 0 aliphatic heterocycles. The van der Waals surface area contributed by atoms with E-state index >= 15 is 0 Å². The molecular weight excluding hydrogens is 234 g/mol. The number of hydrogen-bond donors (Lipinski definition) is 1. The fourth-order valence-electron chi connectivity index (χ4n) is 2.11. The van der Waals surface area contributed by atoms with Crippen LogP contribution in [0.2, 0.25) is 0 Å². The minimum atomic E-state index is 0.780. The topological polar surface area (TPSA) is 51.0 Å². The second kappa shape index (κ2) is 7.01. The normalized spacial score (nSPS) is 16.8. The number of thioether (sulfide) groups is 1. The van der Waals surface area contributed by atoms with Gasteiger partial charge in [-0.25, -0.2) is 0 Å². The van der Waals surface area contributed by atoms with Gasteiger partial charge in [-0.3, -0.25) is 0 Å². The van der Waals surface area contributed by atoms with Crippen LogP contribution in [-0.4, -0.2) is 29.0 Å².